The molecule has 0 bridgehead atoms. The van der Waals surface area contributed by atoms with Crippen molar-refractivity contribution in [3.05, 3.63) is 100 Å². The van der Waals surface area contributed by atoms with E-state index in [1.54, 1.807) is 0 Å². The molecule has 0 saturated heterocycles. The number of hydrogen-bond donors (Lipinski definition) is 2. The van der Waals surface area contributed by atoms with Gasteiger partial charge < -0.3 is 15.4 Å². The van der Waals surface area contributed by atoms with E-state index in [0.29, 0.717) is 13.0 Å². The maximum absolute atomic E-state index is 13.4. The summed E-state index contributed by atoms with van der Waals surface area (Å²) in [5, 5.41) is 7.33. The Kier molecular flexibility index (Phi) is 5.68. The quantitative estimate of drug-likeness (QED) is 0.443. The molecule has 3 aromatic rings. The number of hydrogen-bond acceptors (Lipinski definition) is 4. The third-order valence-electron chi connectivity index (χ3n) is 6.89. The van der Waals surface area contributed by atoms with E-state index in [0.717, 1.165) is 45.9 Å². The summed E-state index contributed by atoms with van der Waals surface area (Å²) in [7, 11) is 0. The molecule has 1 heterocycles. The molecular weight excluding hydrogens is 420 g/mol. The van der Waals surface area contributed by atoms with E-state index >= 15 is 0 Å². The van der Waals surface area contributed by atoms with Gasteiger partial charge in [-0.1, -0.05) is 56.3 Å². The van der Waals surface area contributed by atoms with Gasteiger partial charge in [-0.2, -0.15) is 0 Å². The lowest BCUT2D eigenvalue weighted by molar-refractivity contribution is -0.118. The van der Waals surface area contributed by atoms with Crippen LogP contribution < -0.4 is 15.4 Å². The number of ether oxygens (including phenoxy) is 1. The topological polar surface area (TPSA) is 50.4 Å². The molecule has 0 unspecified atom stereocenters. The summed E-state index contributed by atoms with van der Waals surface area (Å²) in [4.78, 5) is 13.4. The zero-order valence-corrected chi connectivity index (χ0v) is 20.4. The average Bonchev–Trinajstić information content (AvgIpc) is 2.95. The highest BCUT2D eigenvalue weighted by atomic mass is 16.5. The smallest absolute Gasteiger partial charge is 0.163 e. The molecule has 174 valence electrons. The summed E-state index contributed by atoms with van der Waals surface area (Å²) in [6, 6.07) is 22.4. The van der Waals surface area contributed by atoms with Crippen LogP contribution in [-0.2, 0) is 11.4 Å². The van der Waals surface area contributed by atoms with Crippen LogP contribution in [-0.4, -0.2) is 5.78 Å². The number of fused-ring (bicyclic) bond motifs is 1. The second-order valence-corrected chi connectivity index (χ2v) is 10.4. The van der Waals surface area contributed by atoms with Gasteiger partial charge in [-0.3, -0.25) is 4.79 Å². The van der Waals surface area contributed by atoms with Crippen molar-refractivity contribution in [3.63, 3.8) is 0 Å². The molecule has 0 saturated carbocycles. The van der Waals surface area contributed by atoms with Crippen LogP contribution in [0.2, 0.25) is 0 Å². The molecular formula is C30H32N2O2. The molecule has 1 aliphatic heterocycles. The second-order valence-electron chi connectivity index (χ2n) is 10.4. The normalized spacial score (nSPS) is 18.8. The van der Waals surface area contributed by atoms with Crippen molar-refractivity contribution in [2.45, 2.75) is 53.2 Å². The SMILES string of the molecule is Cc1cc2c(cc1C)N[C@@H](c1ccc(OCc3ccccc3)cc1)C1=C(CC(C)(C)CC1=O)N2. The third kappa shape index (κ3) is 4.45. The van der Waals surface area contributed by atoms with Crippen LogP contribution in [0.25, 0.3) is 0 Å². The van der Waals surface area contributed by atoms with Crippen LogP contribution in [0.15, 0.2) is 78.0 Å². The zero-order chi connectivity index (χ0) is 23.9. The van der Waals surface area contributed by atoms with Gasteiger partial charge in [0.1, 0.15) is 12.4 Å². The highest BCUT2D eigenvalue weighted by Gasteiger charge is 2.38. The van der Waals surface area contributed by atoms with Gasteiger partial charge in [-0.15, -0.1) is 0 Å². The molecule has 0 fully saturated rings. The monoisotopic (exact) mass is 452 g/mol. The maximum Gasteiger partial charge on any atom is 0.163 e. The maximum atomic E-state index is 13.4. The average molecular weight is 453 g/mol. The number of carbonyl (C=O) groups is 1. The first-order valence-corrected chi connectivity index (χ1v) is 12.0. The van der Waals surface area contributed by atoms with Crippen LogP contribution in [0.5, 0.6) is 5.75 Å². The van der Waals surface area contributed by atoms with Crippen LogP contribution in [0.4, 0.5) is 11.4 Å². The van der Waals surface area contributed by atoms with E-state index in [4.69, 9.17) is 4.74 Å². The number of Topliss-reactive ketones (excluding diaryl/α,β-unsaturated/α-hetero) is 1. The Morgan fingerprint density at radius 1 is 0.912 bits per heavy atom. The molecule has 0 aromatic heterocycles. The fraction of sp³-hybridized carbons (Fsp3) is 0.300. The summed E-state index contributed by atoms with van der Waals surface area (Å²) in [6.45, 7) is 9.12. The molecule has 5 rings (SSSR count). The minimum atomic E-state index is -0.211. The van der Waals surface area contributed by atoms with Gasteiger partial charge in [0.2, 0.25) is 0 Å². The number of aryl methyl sites for hydroxylation is 2. The molecule has 4 heteroatoms. The molecule has 4 nitrogen and oxygen atoms in total. The minimum absolute atomic E-state index is 0.0627. The Morgan fingerprint density at radius 3 is 2.29 bits per heavy atom. The second kappa shape index (κ2) is 8.68. The van der Waals surface area contributed by atoms with Crippen LogP contribution >= 0.6 is 0 Å². The lowest BCUT2D eigenvalue weighted by Crippen LogP contribution is -2.31. The number of carbonyl (C=O) groups excluding carboxylic acids is 1. The summed E-state index contributed by atoms with van der Waals surface area (Å²) < 4.78 is 5.99. The lowest BCUT2D eigenvalue weighted by Gasteiger charge is -2.34. The third-order valence-corrected chi connectivity index (χ3v) is 6.89. The highest BCUT2D eigenvalue weighted by molar-refractivity contribution is 6.01. The van der Waals surface area contributed by atoms with E-state index in [2.05, 4.69) is 74.7 Å². The van der Waals surface area contributed by atoms with E-state index < -0.39 is 0 Å². The number of nitrogens with one attached hydrogen (secondary N) is 2. The van der Waals surface area contributed by atoms with E-state index in [1.165, 1.54) is 11.1 Å². The molecule has 3 aromatic carbocycles. The van der Waals surface area contributed by atoms with Crippen molar-refractivity contribution in [1.82, 2.24) is 0 Å². The summed E-state index contributed by atoms with van der Waals surface area (Å²) in [6.07, 6.45) is 1.40. The summed E-state index contributed by atoms with van der Waals surface area (Å²) in [5.41, 5.74) is 8.53. The van der Waals surface area contributed by atoms with Gasteiger partial charge >= 0.3 is 0 Å². The number of benzene rings is 3. The molecule has 0 spiro atoms. The zero-order valence-electron chi connectivity index (χ0n) is 20.4. The van der Waals surface area contributed by atoms with Crippen molar-refractivity contribution >= 4 is 17.2 Å². The fourth-order valence-corrected chi connectivity index (χ4v) is 4.96. The fourth-order valence-electron chi connectivity index (χ4n) is 4.96. The van der Waals surface area contributed by atoms with Crippen LogP contribution in [0, 0.1) is 19.3 Å². The van der Waals surface area contributed by atoms with Crippen molar-refractivity contribution in [2.24, 2.45) is 5.41 Å². The number of anilines is 2. The number of rotatable bonds is 4. The predicted octanol–water partition coefficient (Wildman–Crippen LogP) is 7.10. The predicted molar refractivity (Wildman–Crippen MR) is 138 cm³/mol. The van der Waals surface area contributed by atoms with Gasteiger partial charge in [0.05, 0.1) is 17.4 Å². The molecule has 2 aliphatic rings. The molecule has 0 radical (unpaired) electrons. The minimum Gasteiger partial charge on any atom is -0.489 e. The largest absolute Gasteiger partial charge is 0.489 e. The Balaban J connectivity index is 1.49. The number of ketones is 1. The Morgan fingerprint density at radius 2 is 1.59 bits per heavy atom. The molecule has 1 atom stereocenters. The number of allylic oxidation sites excluding steroid dienone is 1. The Bertz CT molecular complexity index is 1260. The summed E-state index contributed by atoms with van der Waals surface area (Å²) in [5.74, 6) is 1.03. The van der Waals surface area contributed by atoms with E-state index in [-0.39, 0.29) is 17.2 Å². The highest BCUT2D eigenvalue weighted by Crippen LogP contribution is 2.46. The van der Waals surface area contributed by atoms with Gasteiger partial charge in [-0.25, -0.2) is 0 Å². The van der Waals surface area contributed by atoms with Crippen molar-refractivity contribution < 1.29 is 9.53 Å². The van der Waals surface area contributed by atoms with Crippen molar-refractivity contribution in [2.75, 3.05) is 10.6 Å². The first-order chi connectivity index (χ1) is 16.3. The standard InChI is InChI=1S/C30H32N2O2/c1-19-14-24-25(15-20(19)2)32-29(28-26(31-24)16-30(3,4)17-27(28)33)22-10-12-23(13-11-22)34-18-21-8-6-5-7-9-21/h5-15,29,31-32H,16-18H2,1-4H3/t29-/m0/s1. The Labute approximate surface area is 202 Å². The van der Waals surface area contributed by atoms with Crippen LogP contribution in [0.3, 0.4) is 0 Å². The Hall–Kier alpha value is -3.53. The van der Waals surface area contributed by atoms with Gasteiger partial charge in [0, 0.05) is 17.7 Å². The van der Waals surface area contributed by atoms with E-state index in [1.807, 2.05) is 30.3 Å². The molecule has 34 heavy (non-hydrogen) atoms. The first-order valence-electron chi connectivity index (χ1n) is 12.0. The lowest BCUT2D eigenvalue weighted by atomic mass is 9.73. The van der Waals surface area contributed by atoms with Gasteiger partial charge in [0.15, 0.2) is 5.78 Å². The van der Waals surface area contributed by atoms with Gasteiger partial charge in [0.25, 0.3) is 0 Å². The molecule has 2 N–H and O–H groups in total. The molecule has 0 amide bonds. The first kappa shape index (κ1) is 22.3. The van der Waals surface area contributed by atoms with Gasteiger partial charge in [-0.05, 0) is 72.2 Å². The van der Waals surface area contributed by atoms with Crippen molar-refractivity contribution in [1.29, 1.82) is 0 Å². The van der Waals surface area contributed by atoms with Crippen LogP contribution in [0.1, 0.15) is 55.0 Å². The summed E-state index contributed by atoms with van der Waals surface area (Å²) >= 11 is 0. The van der Waals surface area contributed by atoms with E-state index in [9.17, 15) is 4.79 Å². The van der Waals surface area contributed by atoms with Crippen molar-refractivity contribution in [3.8, 4) is 5.75 Å². The molecule has 1 aliphatic carbocycles.